The Morgan fingerprint density at radius 3 is 2.53 bits per heavy atom. The Morgan fingerprint density at radius 2 is 2.00 bits per heavy atom. The molecule has 17 heavy (non-hydrogen) atoms. The smallest absolute Gasteiger partial charge is 0.244 e. The van der Waals surface area contributed by atoms with Gasteiger partial charge < -0.3 is 10.6 Å². The summed E-state index contributed by atoms with van der Waals surface area (Å²) in [6.45, 7) is 5.13. The van der Waals surface area contributed by atoms with Gasteiger partial charge in [0, 0.05) is 12.6 Å². The van der Waals surface area contributed by atoms with Crippen molar-refractivity contribution in [1.82, 2.24) is 4.90 Å². The van der Waals surface area contributed by atoms with E-state index in [9.17, 15) is 4.79 Å². The molecule has 0 aromatic heterocycles. The molecule has 1 aromatic carbocycles. The van der Waals surface area contributed by atoms with Crippen molar-refractivity contribution in [2.45, 2.75) is 32.4 Å². The molecule has 2 rings (SSSR count). The predicted molar refractivity (Wildman–Crippen MR) is 68.3 cm³/mol. The van der Waals surface area contributed by atoms with Gasteiger partial charge in [0.1, 0.15) is 6.04 Å². The summed E-state index contributed by atoms with van der Waals surface area (Å²) >= 11 is 0. The lowest BCUT2D eigenvalue weighted by Crippen LogP contribution is -2.41. The van der Waals surface area contributed by atoms with Crippen LogP contribution in [0.5, 0.6) is 0 Å². The van der Waals surface area contributed by atoms with Gasteiger partial charge in [-0.25, -0.2) is 0 Å². The maximum Gasteiger partial charge on any atom is 0.244 e. The van der Waals surface area contributed by atoms with Gasteiger partial charge in [-0.1, -0.05) is 37.3 Å². The number of carbonyl (C=O) groups is 1. The Labute approximate surface area is 103 Å². The number of nitrogens with two attached hydrogens (primary N) is 1. The van der Waals surface area contributed by atoms with Crippen molar-refractivity contribution in [3.05, 3.63) is 35.9 Å². The number of carbonyl (C=O) groups excluding carboxylic acids is 1. The van der Waals surface area contributed by atoms with Crippen molar-refractivity contribution in [2.24, 2.45) is 11.7 Å². The second kappa shape index (κ2) is 4.88. The van der Waals surface area contributed by atoms with Crippen molar-refractivity contribution in [3.8, 4) is 0 Å². The first kappa shape index (κ1) is 12.1. The molecule has 0 bridgehead atoms. The van der Waals surface area contributed by atoms with Crippen LogP contribution in [-0.4, -0.2) is 23.4 Å². The van der Waals surface area contributed by atoms with E-state index < -0.39 is 6.04 Å². The molecule has 0 saturated carbocycles. The fraction of sp³-hybridized carbons (Fsp3) is 0.500. The van der Waals surface area contributed by atoms with Crippen LogP contribution in [0.4, 0.5) is 0 Å². The number of benzene rings is 1. The summed E-state index contributed by atoms with van der Waals surface area (Å²) in [6, 6.07) is 9.36. The minimum absolute atomic E-state index is 0.0491. The molecule has 1 aliphatic heterocycles. The Morgan fingerprint density at radius 1 is 1.35 bits per heavy atom. The number of nitrogens with zero attached hydrogens (tertiary/aromatic N) is 1. The van der Waals surface area contributed by atoms with E-state index in [2.05, 4.69) is 13.8 Å². The second-order valence-electron chi connectivity index (χ2n) is 4.93. The molecular formula is C14H20N2O. The van der Waals surface area contributed by atoms with Crippen molar-refractivity contribution in [3.63, 3.8) is 0 Å². The highest BCUT2D eigenvalue weighted by Gasteiger charge is 2.33. The quantitative estimate of drug-likeness (QED) is 0.847. The molecule has 1 aliphatic rings. The first-order valence-corrected chi connectivity index (χ1v) is 6.22. The van der Waals surface area contributed by atoms with Crippen molar-refractivity contribution < 1.29 is 4.79 Å². The molecule has 2 N–H and O–H groups in total. The van der Waals surface area contributed by atoms with E-state index in [1.54, 1.807) is 0 Å². The average Bonchev–Trinajstić information content (AvgIpc) is 2.69. The summed E-state index contributed by atoms with van der Waals surface area (Å²) in [4.78, 5) is 14.2. The summed E-state index contributed by atoms with van der Waals surface area (Å²) in [5.41, 5.74) is 6.93. The van der Waals surface area contributed by atoms with Gasteiger partial charge in [0.2, 0.25) is 5.91 Å². The summed E-state index contributed by atoms with van der Waals surface area (Å²) in [7, 11) is 0. The van der Waals surface area contributed by atoms with E-state index in [1.165, 1.54) is 0 Å². The first-order valence-electron chi connectivity index (χ1n) is 6.22. The monoisotopic (exact) mass is 232 g/mol. The largest absolute Gasteiger partial charge is 0.338 e. The van der Waals surface area contributed by atoms with Gasteiger partial charge in [0.25, 0.3) is 0 Å². The van der Waals surface area contributed by atoms with Crippen molar-refractivity contribution in [1.29, 1.82) is 0 Å². The lowest BCUT2D eigenvalue weighted by Gasteiger charge is -2.26. The van der Waals surface area contributed by atoms with Crippen molar-refractivity contribution in [2.75, 3.05) is 6.54 Å². The molecule has 0 unspecified atom stereocenters. The van der Waals surface area contributed by atoms with Crippen molar-refractivity contribution >= 4 is 5.91 Å². The van der Waals surface area contributed by atoms with Crippen LogP contribution in [0.1, 0.15) is 31.9 Å². The molecular weight excluding hydrogens is 212 g/mol. The zero-order chi connectivity index (χ0) is 12.4. The maximum atomic E-state index is 12.3. The van der Waals surface area contributed by atoms with Crippen LogP contribution in [0, 0.1) is 5.92 Å². The molecule has 3 nitrogen and oxygen atoms in total. The molecule has 3 heteroatoms. The molecule has 0 radical (unpaired) electrons. The molecule has 3 atom stereocenters. The standard InChI is InChI=1S/C14H20N2O/c1-10-8-9-16(11(10)2)14(17)13(15)12-6-4-3-5-7-12/h3-7,10-11,13H,8-9,15H2,1-2H3/t10-,11-,13-/m1/s1. The van der Waals surface area contributed by atoms with E-state index in [1.807, 2.05) is 35.2 Å². The van der Waals surface area contributed by atoms with Crippen LogP contribution in [0.3, 0.4) is 0 Å². The van der Waals surface area contributed by atoms with Crippen LogP contribution < -0.4 is 5.73 Å². The zero-order valence-corrected chi connectivity index (χ0v) is 10.5. The van der Waals surface area contributed by atoms with E-state index in [4.69, 9.17) is 5.73 Å². The van der Waals surface area contributed by atoms with Gasteiger partial charge in [0.05, 0.1) is 0 Å². The Balaban J connectivity index is 2.11. The number of amides is 1. The van der Waals surface area contributed by atoms with E-state index in [0.717, 1.165) is 18.5 Å². The Bertz CT molecular complexity index is 390. The average molecular weight is 232 g/mol. The fourth-order valence-electron chi connectivity index (χ4n) is 2.39. The summed E-state index contributed by atoms with van der Waals surface area (Å²) in [6.07, 6.45) is 1.08. The van der Waals surface area contributed by atoms with Crippen LogP contribution in [-0.2, 0) is 4.79 Å². The topological polar surface area (TPSA) is 46.3 Å². The lowest BCUT2D eigenvalue weighted by atomic mass is 10.0. The lowest BCUT2D eigenvalue weighted by molar-refractivity contribution is -0.133. The highest BCUT2D eigenvalue weighted by Crippen LogP contribution is 2.26. The molecule has 1 saturated heterocycles. The second-order valence-corrected chi connectivity index (χ2v) is 4.93. The normalized spacial score (nSPS) is 25.9. The van der Waals surface area contributed by atoms with Crippen LogP contribution in [0.25, 0.3) is 0 Å². The fourth-order valence-corrected chi connectivity index (χ4v) is 2.39. The van der Waals surface area contributed by atoms with Gasteiger partial charge in [-0.3, -0.25) is 4.79 Å². The number of hydrogen-bond donors (Lipinski definition) is 1. The van der Waals surface area contributed by atoms with E-state index in [-0.39, 0.29) is 5.91 Å². The highest BCUT2D eigenvalue weighted by molar-refractivity contribution is 5.83. The first-order chi connectivity index (χ1) is 8.11. The molecule has 0 aliphatic carbocycles. The zero-order valence-electron chi connectivity index (χ0n) is 10.5. The van der Waals surface area contributed by atoms with Gasteiger partial charge >= 0.3 is 0 Å². The molecule has 1 amide bonds. The van der Waals surface area contributed by atoms with Crippen LogP contribution in [0.15, 0.2) is 30.3 Å². The molecule has 0 spiro atoms. The molecule has 1 fully saturated rings. The molecule has 1 aromatic rings. The molecule has 92 valence electrons. The summed E-state index contributed by atoms with van der Waals surface area (Å²) < 4.78 is 0. The third-order valence-corrected chi connectivity index (χ3v) is 3.85. The Hall–Kier alpha value is -1.35. The van der Waals surface area contributed by atoms with Gasteiger partial charge in [-0.05, 0) is 24.8 Å². The van der Waals surface area contributed by atoms with Crippen LogP contribution in [0.2, 0.25) is 0 Å². The summed E-state index contributed by atoms with van der Waals surface area (Å²) in [5.74, 6) is 0.620. The number of hydrogen-bond acceptors (Lipinski definition) is 2. The number of likely N-dealkylation sites (tertiary alicyclic amines) is 1. The van der Waals surface area contributed by atoms with E-state index >= 15 is 0 Å². The third kappa shape index (κ3) is 2.34. The van der Waals surface area contributed by atoms with Gasteiger partial charge in [0.15, 0.2) is 0 Å². The highest BCUT2D eigenvalue weighted by atomic mass is 16.2. The number of rotatable bonds is 2. The predicted octanol–water partition coefficient (Wildman–Crippen LogP) is 1.94. The summed E-state index contributed by atoms with van der Waals surface area (Å²) in [5, 5.41) is 0. The van der Waals surface area contributed by atoms with E-state index in [0.29, 0.717) is 12.0 Å². The Kier molecular flexibility index (Phi) is 3.48. The van der Waals surface area contributed by atoms with Crippen LogP contribution >= 0.6 is 0 Å². The SMILES string of the molecule is C[C@@H]1CCN(C(=O)[C@H](N)c2ccccc2)[C@@H]1C. The maximum absolute atomic E-state index is 12.3. The molecule has 1 heterocycles. The minimum atomic E-state index is -0.524. The third-order valence-electron chi connectivity index (χ3n) is 3.85. The minimum Gasteiger partial charge on any atom is -0.338 e. The van der Waals surface area contributed by atoms with Gasteiger partial charge in [-0.15, -0.1) is 0 Å². The van der Waals surface area contributed by atoms with Gasteiger partial charge in [-0.2, -0.15) is 0 Å².